The maximum Gasteiger partial charge on any atom is 0.295 e. The van der Waals surface area contributed by atoms with Gasteiger partial charge in [0, 0.05) is 11.0 Å². The number of anilines is 1. The first-order valence-electron chi connectivity index (χ1n) is 6.63. The summed E-state index contributed by atoms with van der Waals surface area (Å²) in [5, 5.41) is 21.3. The lowest BCUT2D eigenvalue weighted by Crippen LogP contribution is -2.38. The number of hydrogen-bond donors (Lipinski definition) is 3. The second kappa shape index (κ2) is 5.84. The zero-order valence-electron chi connectivity index (χ0n) is 12.6. The Balaban J connectivity index is 2.23. The lowest BCUT2D eigenvalue weighted by atomic mass is 9.93. The number of hydrazone groups is 1. The molecular weight excluding hydrogens is 284 g/mol. The minimum absolute atomic E-state index is 0.00432. The van der Waals surface area contributed by atoms with E-state index in [-0.39, 0.29) is 17.4 Å². The third-order valence-corrected chi connectivity index (χ3v) is 2.91. The molecule has 4 N–H and O–H groups in total. The molecule has 0 saturated carbocycles. The van der Waals surface area contributed by atoms with Crippen LogP contribution in [0.1, 0.15) is 32.0 Å². The Morgan fingerprint density at radius 3 is 2.64 bits per heavy atom. The molecule has 0 aliphatic rings. The first-order valence-corrected chi connectivity index (χ1v) is 6.63. The Kier molecular flexibility index (Phi) is 4.11. The molecule has 1 heterocycles. The highest BCUT2D eigenvalue weighted by molar-refractivity contribution is 5.83. The lowest BCUT2D eigenvalue weighted by molar-refractivity contribution is 0.474. The van der Waals surface area contributed by atoms with Gasteiger partial charge in [0.2, 0.25) is 0 Å². The van der Waals surface area contributed by atoms with Crippen molar-refractivity contribution in [1.29, 1.82) is 0 Å². The minimum Gasteiger partial charge on any atom is -0.507 e. The largest absolute Gasteiger partial charge is 0.507 e. The second-order valence-electron chi connectivity index (χ2n) is 5.73. The van der Waals surface area contributed by atoms with E-state index in [9.17, 15) is 9.90 Å². The van der Waals surface area contributed by atoms with Crippen molar-refractivity contribution in [1.82, 2.24) is 14.9 Å². The van der Waals surface area contributed by atoms with Crippen molar-refractivity contribution in [3.8, 4) is 5.75 Å². The summed E-state index contributed by atoms with van der Waals surface area (Å²) in [4.78, 5) is 12.1. The average Bonchev–Trinajstić information content (AvgIpc) is 2.44. The van der Waals surface area contributed by atoms with Crippen LogP contribution in [0.15, 0.2) is 34.2 Å². The quantitative estimate of drug-likeness (QED) is 0.438. The fourth-order valence-electron chi connectivity index (χ4n) is 1.70. The molecule has 1 aromatic heterocycles. The van der Waals surface area contributed by atoms with E-state index in [0.29, 0.717) is 5.56 Å². The van der Waals surface area contributed by atoms with Crippen LogP contribution in [0.4, 0.5) is 5.95 Å². The molecular formula is C14H18N6O2. The van der Waals surface area contributed by atoms with E-state index in [1.807, 2.05) is 20.8 Å². The van der Waals surface area contributed by atoms with E-state index in [2.05, 4.69) is 20.7 Å². The van der Waals surface area contributed by atoms with Crippen LogP contribution in [-0.2, 0) is 5.41 Å². The molecule has 0 amide bonds. The van der Waals surface area contributed by atoms with E-state index in [1.165, 1.54) is 12.3 Å². The van der Waals surface area contributed by atoms with Gasteiger partial charge < -0.3 is 10.9 Å². The first kappa shape index (κ1) is 15.5. The molecule has 0 spiro atoms. The number of nitrogens with zero attached hydrogens (tertiary/aromatic N) is 4. The van der Waals surface area contributed by atoms with Crippen LogP contribution in [0.25, 0.3) is 0 Å². The van der Waals surface area contributed by atoms with Gasteiger partial charge >= 0.3 is 0 Å². The summed E-state index contributed by atoms with van der Waals surface area (Å²) in [6.07, 6.45) is 1.39. The van der Waals surface area contributed by atoms with Crippen LogP contribution in [0.2, 0.25) is 0 Å². The van der Waals surface area contributed by atoms with Crippen molar-refractivity contribution >= 4 is 12.2 Å². The first-order chi connectivity index (χ1) is 10.3. The molecule has 0 aliphatic carbocycles. The van der Waals surface area contributed by atoms with E-state index in [4.69, 9.17) is 5.84 Å². The molecule has 0 saturated heterocycles. The van der Waals surface area contributed by atoms with E-state index in [1.54, 1.807) is 18.2 Å². The van der Waals surface area contributed by atoms with Gasteiger partial charge in [0.1, 0.15) is 11.4 Å². The van der Waals surface area contributed by atoms with Crippen LogP contribution in [0.3, 0.4) is 0 Å². The minimum atomic E-state index is -0.456. The van der Waals surface area contributed by atoms with Gasteiger partial charge in [-0.2, -0.15) is 9.78 Å². The number of nitrogen functional groups attached to an aromatic ring is 1. The highest BCUT2D eigenvalue weighted by Crippen LogP contribution is 2.16. The molecule has 0 aliphatic heterocycles. The fraction of sp³-hybridized carbons (Fsp3) is 0.286. The van der Waals surface area contributed by atoms with E-state index < -0.39 is 11.0 Å². The highest BCUT2D eigenvalue weighted by Gasteiger charge is 2.22. The summed E-state index contributed by atoms with van der Waals surface area (Å²) in [5.41, 5.74) is 2.42. The molecule has 8 nitrogen and oxygen atoms in total. The Labute approximate surface area is 127 Å². The third-order valence-electron chi connectivity index (χ3n) is 2.91. The Morgan fingerprint density at radius 1 is 1.32 bits per heavy atom. The van der Waals surface area contributed by atoms with Gasteiger partial charge in [-0.05, 0) is 12.1 Å². The summed E-state index contributed by atoms with van der Waals surface area (Å²) >= 11 is 0. The van der Waals surface area contributed by atoms with E-state index in [0.717, 1.165) is 4.68 Å². The smallest absolute Gasteiger partial charge is 0.295 e. The van der Waals surface area contributed by atoms with Gasteiger partial charge in [-0.1, -0.05) is 32.9 Å². The summed E-state index contributed by atoms with van der Waals surface area (Å²) in [6, 6.07) is 6.69. The van der Waals surface area contributed by atoms with Gasteiger partial charge in [0.25, 0.3) is 11.5 Å². The number of phenols is 1. The van der Waals surface area contributed by atoms with Crippen molar-refractivity contribution in [3.63, 3.8) is 0 Å². The fourth-order valence-corrected chi connectivity index (χ4v) is 1.70. The van der Waals surface area contributed by atoms with Crippen molar-refractivity contribution < 1.29 is 5.11 Å². The number of para-hydroxylation sites is 1. The Morgan fingerprint density at radius 2 is 2.00 bits per heavy atom. The van der Waals surface area contributed by atoms with Gasteiger partial charge in [0.15, 0.2) is 0 Å². The lowest BCUT2D eigenvalue weighted by Gasteiger charge is -2.16. The van der Waals surface area contributed by atoms with E-state index >= 15 is 0 Å². The molecule has 1 aromatic carbocycles. The number of hydrogen-bond acceptors (Lipinski definition) is 7. The van der Waals surface area contributed by atoms with Gasteiger partial charge in [0.05, 0.1) is 6.21 Å². The molecule has 0 atom stereocenters. The number of benzene rings is 1. The van der Waals surface area contributed by atoms with Crippen molar-refractivity contribution in [3.05, 3.63) is 45.9 Å². The number of nitrogens with one attached hydrogen (secondary N) is 1. The number of rotatable bonds is 3. The summed E-state index contributed by atoms with van der Waals surface area (Å²) in [7, 11) is 0. The zero-order valence-corrected chi connectivity index (χ0v) is 12.6. The maximum absolute atomic E-state index is 12.1. The summed E-state index contributed by atoms with van der Waals surface area (Å²) in [5.74, 6) is 5.80. The predicted molar refractivity (Wildman–Crippen MR) is 84.5 cm³/mol. The molecule has 116 valence electrons. The number of phenolic OH excluding ortho intramolecular Hbond substituents is 1. The standard InChI is InChI=1S/C14H18N6O2/c1-14(2,3)11-12(22)20(15)13(19-17-11)18-16-8-9-6-4-5-7-10(9)21/h4-8,21H,15H2,1-3H3,(H,18,19)/b16-8+. The van der Waals surface area contributed by atoms with Gasteiger partial charge in [-0.3, -0.25) is 4.79 Å². The molecule has 2 rings (SSSR count). The molecule has 2 aromatic rings. The summed E-state index contributed by atoms with van der Waals surface area (Å²) in [6.45, 7) is 5.55. The normalized spacial score (nSPS) is 11.8. The molecule has 0 radical (unpaired) electrons. The summed E-state index contributed by atoms with van der Waals surface area (Å²) < 4.78 is 0.857. The van der Waals surface area contributed by atoms with Crippen LogP contribution >= 0.6 is 0 Å². The number of nitrogens with two attached hydrogens (primary N) is 1. The second-order valence-corrected chi connectivity index (χ2v) is 5.73. The van der Waals surface area contributed by atoms with Crippen LogP contribution in [0, 0.1) is 0 Å². The van der Waals surface area contributed by atoms with Crippen molar-refractivity contribution in [2.24, 2.45) is 5.10 Å². The average molecular weight is 302 g/mol. The van der Waals surface area contributed by atoms with Crippen molar-refractivity contribution in [2.45, 2.75) is 26.2 Å². The zero-order chi connectivity index (χ0) is 16.3. The molecule has 8 heteroatoms. The molecule has 22 heavy (non-hydrogen) atoms. The van der Waals surface area contributed by atoms with Crippen molar-refractivity contribution in [2.75, 3.05) is 11.3 Å². The van der Waals surface area contributed by atoms with Crippen LogP contribution in [0.5, 0.6) is 5.75 Å². The maximum atomic E-state index is 12.1. The number of aromatic hydroxyl groups is 1. The SMILES string of the molecule is CC(C)(C)c1nnc(N/N=C/c2ccccc2O)n(N)c1=O. The molecule has 0 unspecified atom stereocenters. The topological polar surface area (TPSA) is 118 Å². The molecule has 0 bridgehead atoms. The van der Waals surface area contributed by atoms with Gasteiger partial charge in [-0.25, -0.2) is 5.43 Å². The van der Waals surface area contributed by atoms with Crippen LogP contribution < -0.4 is 16.8 Å². The van der Waals surface area contributed by atoms with Gasteiger partial charge in [-0.15, -0.1) is 10.2 Å². The predicted octanol–water partition coefficient (Wildman–Crippen LogP) is 0.801. The molecule has 0 fully saturated rings. The highest BCUT2D eigenvalue weighted by atomic mass is 16.3. The third kappa shape index (κ3) is 3.22. The Hall–Kier alpha value is -2.90. The van der Waals surface area contributed by atoms with Crippen LogP contribution in [-0.4, -0.2) is 26.2 Å². The monoisotopic (exact) mass is 302 g/mol. The number of aromatic nitrogens is 3. The Bertz CT molecular complexity index is 761.